The molecule has 0 bridgehead atoms. The zero-order valence-electron chi connectivity index (χ0n) is 16.2. The van der Waals surface area contributed by atoms with Crippen LogP contribution in [0.3, 0.4) is 0 Å². The van der Waals surface area contributed by atoms with E-state index in [2.05, 4.69) is 44.4 Å². The van der Waals surface area contributed by atoms with E-state index >= 15 is 0 Å². The number of para-hydroxylation sites is 3. The molecule has 0 radical (unpaired) electrons. The summed E-state index contributed by atoms with van der Waals surface area (Å²) in [6.07, 6.45) is 4.64. The minimum atomic E-state index is 0.244. The van der Waals surface area contributed by atoms with E-state index in [9.17, 15) is 0 Å². The van der Waals surface area contributed by atoms with Gasteiger partial charge in [0.25, 0.3) is 0 Å². The van der Waals surface area contributed by atoms with Gasteiger partial charge in [-0.25, -0.2) is 0 Å². The molecule has 0 amide bonds. The number of hydrogen-bond donors (Lipinski definition) is 2. The van der Waals surface area contributed by atoms with Crippen LogP contribution in [0, 0.1) is 0 Å². The van der Waals surface area contributed by atoms with Gasteiger partial charge in [-0.15, -0.1) is 0 Å². The first-order valence-electron chi connectivity index (χ1n) is 9.83. The first kappa shape index (κ1) is 19.2. The van der Waals surface area contributed by atoms with E-state index in [0.29, 0.717) is 11.7 Å². The first-order valence-corrected chi connectivity index (χ1v) is 10.2. The minimum absolute atomic E-state index is 0.244. The summed E-state index contributed by atoms with van der Waals surface area (Å²) < 4.78 is 0. The van der Waals surface area contributed by atoms with Crippen molar-refractivity contribution in [3.63, 3.8) is 0 Å². The summed E-state index contributed by atoms with van der Waals surface area (Å²) in [7, 11) is 0. The van der Waals surface area contributed by atoms with Crippen molar-refractivity contribution in [3.8, 4) is 0 Å². The number of nitrogens with zero attached hydrogens (tertiary/aromatic N) is 3. The van der Waals surface area contributed by atoms with Gasteiger partial charge in [0.2, 0.25) is 0 Å². The molecular formula is C23H25N5S. The fourth-order valence-corrected chi connectivity index (χ4v) is 4.09. The molecule has 1 fully saturated rings. The Morgan fingerprint density at radius 1 is 1.10 bits per heavy atom. The van der Waals surface area contributed by atoms with Gasteiger partial charge >= 0.3 is 0 Å². The number of thiocarbonyl (C=S) groups is 1. The van der Waals surface area contributed by atoms with E-state index in [0.717, 1.165) is 36.4 Å². The summed E-state index contributed by atoms with van der Waals surface area (Å²) in [4.78, 5) is 8.76. The minimum Gasteiger partial charge on any atom is -0.397 e. The molecule has 1 saturated heterocycles. The number of aromatic nitrogens is 1. The van der Waals surface area contributed by atoms with E-state index in [-0.39, 0.29) is 6.04 Å². The molecule has 0 saturated carbocycles. The highest BCUT2D eigenvalue weighted by atomic mass is 32.1. The first-order chi connectivity index (χ1) is 14.2. The molecule has 2 aromatic carbocycles. The Bertz CT molecular complexity index is 948. The summed E-state index contributed by atoms with van der Waals surface area (Å²) in [5.74, 6) is 0. The van der Waals surface area contributed by atoms with Crippen LogP contribution >= 0.6 is 12.2 Å². The number of nitrogen functional groups attached to an aromatic ring is 1. The third-order valence-corrected chi connectivity index (χ3v) is 5.57. The van der Waals surface area contributed by atoms with Crippen molar-refractivity contribution in [1.82, 2.24) is 10.3 Å². The van der Waals surface area contributed by atoms with Gasteiger partial charge in [0.05, 0.1) is 17.4 Å². The molecule has 0 aliphatic carbocycles. The van der Waals surface area contributed by atoms with E-state index in [1.807, 2.05) is 48.7 Å². The van der Waals surface area contributed by atoms with Crippen LogP contribution in [0.5, 0.6) is 0 Å². The summed E-state index contributed by atoms with van der Waals surface area (Å²) >= 11 is 5.83. The SMILES string of the molecule is Nc1ccccc1N(C(=S)NCc1cccnc1)[C@H]1CCN(c2ccccc2)C1. The molecule has 6 heteroatoms. The molecule has 29 heavy (non-hydrogen) atoms. The van der Waals surface area contributed by atoms with Gasteiger partial charge < -0.3 is 20.9 Å². The van der Waals surface area contributed by atoms with Gasteiger partial charge in [-0.2, -0.15) is 0 Å². The highest BCUT2D eigenvalue weighted by Gasteiger charge is 2.31. The summed E-state index contributed by atoms with van der Waals surface area (Å²) in [5, 5.41) is 4.09. The number of hydrogen-bond acceptors (Lipinski definition) is 4. The van der Waals surface area contributed by atoms with E-state index in [4.69, 9.17) is 18.0 Å². The molecule has 0 spiro atoms. The molecular weight excluding hydrogens is 378 g/mol. The number of nitrogens with one attached hydrogen (secondary N) is 1. The summed E-state index contributed by atoms with van der Waals surface area (Å²) in [6.45, 7) is 2.52. The van der Waals surface area contributed by atoms with Crippen LogP contribution in [0.25, 0.3) is 0 Å². The Morgan fingerprint density at radius 2 is 1.90 bits per heavy atom. The monoisotopic (exact) mass is 403 g/mol. The number of rotatable bonds is 5. The predicted molar refractivity (Wildman–Crippen MR) is 124 cm³/mol. The van der Waals surface area contributed by atoms with Gasteiger partial charge in [0.1, 0.15) is 0 Å². The molecule has 1 aromatic heterocycles. The average Bonchev–Trinajstić information content (AvgIpc) is 3.25. The molecule has 148 valence electrons. The second kappa shape index (κ2) is 8.92. The molecule has 1 aliphatic rings. The van der Waals surface area contributed by atoms with Gasteiger partial charge in [0, 0.05) is 37.7 Å². The van der Waals surface area contributed by atoms with Crippen LogP contribution in [0.2, 0.25) is 0 Å². The highest BCUT2D eigenvalue weighted by Crippen LogP contribution is 2.30. The topological polar surface area (TPSA) is 57.4 Å². The lowest BCUT2D eigenvalue weighted by Gasteiger charge is -2.33. The van der Waals surface area contributed by atoms with Crippen molar-refractivity contribution in [2.45, 2.75) is 19.0 Å². The normalized spacial score (nSPS) is 15.9. The average molecular weight is 404 g/mol. The summed E-state index contributed by atoms with van der Waals surface area (Å²) in [5.41, 5.74) is 10.3. The molecule has 2 heterocycles. The van der Waals surface area contributed by atoms with Crippen molar-refractivity contribution < 1.29 is 0 Å². The second-order valence-corrected chi connectivity index (χ2v) is 7.56. The Morgan fingerprint density at radius 3 is 2.66 bits per heavy atom. The Kier molecular flexibility index (Phi) is 5.91. The van der Waals surface area contributed by atoms with Crippen molar-refractivity contribution >= 4 is 34.4 Å². The molecule has 3 N–H and O–H groups in total. The largest absolute Gasteiger partial charge is 0.397 e. The second-order valence-electron chi connectivity index (χ2n) is 7.17. The summed E-state index contributed by atoms with van der Waals surface area (Å²) in [6, 6.07) is 22.7. The van der Waals surface area contributed by atoms with Gasteiger partial charge in [-0.05, 0) is 54.5 Å². The quantitative estimate of drug-likeness (QED) is 0.499. The standard InChI is InChI=1S/C23H25N5S/c24-21-10-4-5-11-22(21)28(23(29)26-16-18-7-6-13-25-15-18)20-12-14-27(17-20)19-8-2-1-3-9-19/h1-11,13,15,20H,12,14,16-17,24H2,(H,26,29)/t20-/m0/s1. The van der Waals surface area contributed by atoms with Crippen molar-refractivity contribution in [2.75, 3.05) is 28.6 Å². The number of nitrogens with two attached hydrogens (primary N) is 1. The zero-order chi connectivity index (χ0) is 20.1. The van der Waals surface area contributed by atoms with Gasteiger partial charge in [0.15, 0.2) is 5.11 Å². The number of anilines is 3. The molecule has 0 unspecified atom stereocenters. The van der Waals surface area contributed by atoms with Crippen LogP contribution in [0.1, 0.15) is 12.0 Å². The van der Waals surface area contributed by atoms with Crippen molar-refractivity contribution in [1.29, 1.82) is 0 Å². The Balaban J connectivity index is 1.54. The number of pyridine rings is 1. The fourth-order valence-electron chi connectivity index (χ4n) is 3.77. The van der Waals surface area contributed by atoms with E-state index in [1.165, 1.54) is 5.69 Å². The maximum Gasteiger partial charge on any atom is 0.174 e. The van der Waals surface area contributed by atoms with Crippen LogP contribution in [-0.2, 0) is 6.54 Å². The Labute approximate surface area is 177 Å². The maximum atomic E-state index is 6.33. The molecule has 1 atom stereocenters. The molecule has 5 nitrogen and oxygen atoms in total. The van der Waals surface area contributed by atoms with Crippen molar-refractivity contribution in [3.05, 3.63) is 84.7 Å². The third-order valence-electron chi connectivity index (χ3n) is 5.23. The lowest BCUT2D eigenvalue weighted by Crippen LogP contribution is -2.47. The lowest BCUT2D eigenvalue weighted by atomic mass is 10.1. The maximum absolute atomic E-state index is 6.33. The van der Waals surface area contributed by atoms with Crippen LogP contribution in [-0.4, -0.2) is 29.2 Å². The van der Waals surface area contributed by atoms with E-state index in [1.54, 1.807) is 6.20 Å². The smallest absolute Gasteiger partial charge is 0.174 e. The van der Waals surface area contributed by atoms with Crippen LogP contribution in [0.15, 0.2) is 79.1 Å². The predicted octanol–water partition coefficient (Wildman–Crippen LogP) is 3.82. The number of benzene rings is 2. The zero-order valence-corrected chi connectivity index (χ0v) is 17.1. The van der Waals surface area contributed by atoms with Crippen LogP contribution < -0.4 is 20.9 Å². The fraction of sp³-hybridized carbons (Fsp3) is 0.217. The van der Waals surface area contributed by atoms with Gasteiger partial charge in [-0.1, -0.05) is 36.4 Å². The third kappa shape index (κ3) is 4.49. The lowest BCUT2D eigenvalue weighted by molar-refractivity contribution is 0.720. The van der Waals surface area contributed by atoms with Crippen LogP contribution in [0.4, 0.5) is 17.1 Å². The molecule has 4 rings (SSSR count). The molecule has 3 aromatic rings. The van der Waals surface area contributed by atoms with Gasteiger partial charge in [-0.3, -0.25) is 4.98 Å². The Hall–Kier alpha value is -3.12. The van der Waals surface area contributed by atoms with E-state index < -0.39 is 0 Å². The molecule has 1 aliphatic heterocycles. The van der Waals surface area contributed by atoms with Crippen molar-refractivity contribution in [2.24, 2.45) is 0 Å². The highest BCUT2D eigenvalue weighted by molar-refractivity contribution is 7.80.